The summed E-state index contributed by atoms with van der Waals surface area (Å²) in [6, 6.07) is 16.8. The number of aryl methyl sites for hydroxylation is 1. The van der Waals surface area contributed by atoms with Crippen LogP contribution in [0.5, 0.6) is 0 Å². The molecule has 1 aromatic heterocycles. The Balaban J connectivity index is 1.60. The first-order chi connectivity index (χ1) is 14.1. The average Bonchev–Trinajstić information content (AvgIpc) is 2.79. The monoisotopic (exact) mass is 387 g/mol. The predicted octanol–water partition coefficient (Wildman–Crippen LogP) is 2.25. The van der Waals surface area contributed by atoms with Gasteiger partial charge in [-0.15, -0.1) is 0 Å². The minimum atomic E-state index is -0.183. The largest absolute Gasteiger partial charge is 0.367 e. The van der Waals surface area contributed by atoms with Gasteiger partial charge >= 0.3 is 0 Å². The average molecular weight is 387 g/mol. The van der Waals surface area contributed by atoms with E-state index >= 15 is 0 Å². The number of amides is 1. The lowest BCUT2D eigenvalue weighted by Crippen LogP contribution is -2.49. The van der Waals surface area contributed by atoms with Crippen LogP contribution in [0.4, 0.5) is 5.69 Å². The highest BCUT2D eigenvalue weighted by molar-refractivity contribution is 6.04. The van der Waals surface area contributed by atoms with E-state index in [0.717, 1.165) is 5.69 Å². The molecule has 3 aromatic rings. The van der Waals surface area contributed by atoms with Gasteiger partial charge in [0.15, 0.2) is 5.69 Å². The lowest BCUT2D eigenvalue weighted by Gasteiger charge is -2.36. The standard InChI is InChI=1S/C22H21N5O2/c1-2-27-21(28)18-9-5-4-8-17(18)20(24-27)22(29)26-13-11-25(12-14-26)19-10-6-3-7-16(19)15-23/h3-10H,2,11-14H2,1H3. The number of benzene rings is 2. The molecule has 0 saturated carbocycles. The summed E-state index contributed by atoms with van der Waals surface area (Å²) in [5.41, 5.74) is 1.66. The molecule has 1 aliphatic heterocycles. The normalized spacial score (nSPS) is 14.1. The molecule has 0 aliphatic carbocycles. The molecule has 1 saturated heterocycles. The molecule has 0 unspecified atom stereocenters. The van der Waals surface area contributed by atoms with E-state index in [1.54, 1.807) is 29.2 Å². The lowest BCUT2D eigenvalue weighted by molar-refractivity contribution is 0.0740. The van der Waals surface area contributed by atoms with Gasteiger partial charge < -0.3 is 9.80 Å². The fourth-order valence-electron chi connectivity index (χ4n) is 3.75. The lowest BCUT2D eigenvalue weighted by atomic mass is 10.1. The molecule has 2 heterocycles. The molecule has 0 radical (unpaired) electrons. The zero-order valence-electron chi connectivity index (χ0n) is 16.2. The molecule has 0 spiro atoms. The van der Waals surface area contributed by atoms with Gasteiger partial charge in [-0.25, -0.2) is 4.68 Å². The number of hydrogen-bond donors (Lipinski definition) is 0. The molecule has 7 heteroatoms. The second-order valence-corrected chi connectivity index (χ2v) is 6.92. The van der Waals surface area contributed by atoms with E-state index in [9.17, 15) is 14.9 Å². The third kappa shape index (κ3) is 3.34. The molecule has 2 aromatic carbocycles. The Bertz CT molecular complexity index is 1170. The van der Waals surface area contributed by atoms with Crippen molar-refractivity contribution in [1.29, 1.82) is 5.26 Å². The first-order valence-electron chi connectivity index (χ1n) is 9.67. The molecule has 0 atom stereocenters. The number of nitriles is 1. The van der Waals surface area contributed by atoms with Crippen LogP contribution in [0.2, 0.25) is 0 Å². The van der Waals surface area contributed by atoms with E-state index in [1.165, 1.54) is 4.68 Å². The summed E-state index contributed by atoms with van der Waals surface area (Å²) in [5, 5.41) is 14.8. The van der Waals surface area contributed by atoms with E-state index in [-0.39, 0.29) is 11.5 Å². The number of fused-ring (bicyclic) bond motifs is 1. The van der Waals surface area contributed by atoms with Crippen molar-refractivity contribution in [2.75, 3.05) is 31.1 Å². The summed E-state index contributed by atoms with van der Waals surface area (Å²) < 4.78 is 1.34. The first kappa shape index (κ1) is 18.7. The van der Waals surface area contributed by atoms with Gasteiger partial charge in [-0.1, -0.05) is 30.3 Å². The number of hydrogen-bond acceptors (Lipinski definition) is 5. The van der Waals surface area contributed by atoms with Crippen LogP contribution in [-0.4, -0.2) is 46.8 Å². The van der Waals surface area contributed by atoms with E-state index < -0.39 is 0 Å². The van der Waals surface area contributed by atoms with Crippen LogP contribution in [0.25, 0.3) is 10.8 Å². The molecule has 0 bridgehead atoms. The van der Waals surface area contributed by atoms with Crippen molar-refractivity contribution >= 4 is 22.4 Å². The second-order valence-electron chi connectivity index (χ2n) is 6.92. The van der Waals surface area contributed by atoms with E-state index in [1.807, 2.05) is 31.2 Å². The molecular weight excluding hydrogens is 366 g/mol. The smallest absolute Gasteiger partial charge is 0.275 e. The van der Waals surface area contributed by atoms with Crippen molar-refractivity contribution < 1.29 is 4.79 Å². The van der Waals surface area contributed by atoms with Crippen LogP contribution in [0.15, 0.2) is 53.3 Å². The quantitative estimate of drug-likeness (QED) is 0.688. The summed E-state index contributed by atoms with van der Waals surface area (Å²) in [4.78, 5) is 29.6. The SMILES string of the molecule is CCn1nc(C(=O)N2CCN(c3ccccc3C#N)CC2)c2ccccc2c1=O. The number of aromatic nitrogens is 2. The summed E-state index contributed by atoms with van der Waals surface area (Å²) >= 11 is 0. The molecule has 7 nitrogen and oxygen atoms in total. The van der Waals surface area contributed by atoms with Crippen molar-refractivity contribution in [1.82, 2.24) is 14.7 Å². The van der Waals surface area contributed by atoms with Crippen LogP contribution in [0.1, 0.15) is 23.0 Å². The van der Waals surface area contributed by atoms with Gasteiger partial charge in [0.25, 0.3) is 11.5 Å². The van der Waals surface area contributed by atoms with Gasteiger partial charge in [0.05, 0.1) is 16.6 Å². The highest BCUT2D eigenvalue weighted by atomic mass is 16.2. The molecule has 1 fully saturated rings. The topological polar surface area (TPSA) is 82.2 Å². The fourth-order valence-corrected chi connectivity index (χ4v) is 3.75. The van der Waals surface area contributed by atoms with Crippen LogP contribution >= 0.6 is 0 Å². The summed E-state index contributed by atoms with van der Waals surface area (Å²) in [5.74, 6) is -0.170. The van der Waals surface area contributed by atoms with E-state index in [2.05, 4.69) is 16.1 Å². The third-order valence-corrected chi connectivity index (χ3v) is 5.30. The number of para-hydroxylation sites is 1. The van der Waals surface area contributed by atoms with Crippen molar-refractivity contribution in [3.05, 3.63) is 70.1 Å². The van der Waals surface area contributed by atoms with Crippen LogP contribution < -0.4 is 10.5 Å². The van der Waals surface area contributed by atoms with Crippen molar-refractivity contribution in [2.45, 2.75) is 13.5 Å². The molecule has 1 aliphatic rings. The zero-order valence-corrected chi connectivity index (χ0v) is 16.2. The summed E-state index contributed by atoms with van der Waals surface area (Å²) in [6.07, 6.45) is 0. The maximum atomic E-state index is 13.2. The highest BCUT2D eigenvalue weighted by Gasteiger charge is 2.26. The molecule has 146 valence electrons. The van der Waals surface area contributed by atoms with E-state index in [4.69, 9.17) is 0 Å². The number of rotatable bonds is 3. The second kappa shape index (κ2) is 7.76. The number of nitrogens with zero attached hydrogens (tertiary/aromatic N) is 5. The maximum absolute atomic E-state index is 13.2. The minimum absolute atomic E-state index is 0.170. The van der Waals surface area contributed by atoms with Crippen molar-refractivity contribution in [2.24, 2.45) is 0 Å². The maximum Gasteiger partial charge on any atom is 0.275 e. The molecule has 0 N–H and O–H groups in total. The van der Waals surface area contributed by atoms with Crippen molar-refractivity contribution in [3.8, 4) is 6.07 Å². The van der Waals surface area contributed by atoms with Gasteiger partial charge in [0.2, 0.25) is 0 Å². The summed E-state index contributed by atoms with van der Waals surface area (Å²) in [7, 11) is 0. The Morgan fingerprint density at radius 1 is 1.03 bits per heavy atom. The first-order valence-corrected chi connectivity index (χ1v) is 9.67. The Labute approximate surface area is 168 Å². The van der Waals surface area contributed by atoms with Crippen LogP contribution in [0, 0.1) is 11.3 Å². The molecule has 29 heavy (non-hydrogen) atoms. The van der Waals surface area contributed by atoms with Gasteiger partial charge in [-0.3, -0.25) is 9.59 Å². The Kier molecular flexibility index (Phi) is 5.00. The third-order valence-electron chi connectivity index (χ3n) is 5.30. The van der Waals surface area contributed by atoms with Crippen molar-refractivity contribution in [3.63, 3.8) is 0 Å². The molecular formula is C22H21N5O2. The highest BCUT2D eigenvalue weighted by Crippen LogP contribution is 2.22. The number of carbonyl (C=O) groups is 1. The zero-order chi connectivity index (χ0) is 20.4. The van der Waals surface area contributed by atoms with Gasteiger partial charge in [-0.2, -0.15) is 10.4 Å². The fraction of sp³-hybridized carbons (Fsp3) is 0.273. The Morgan fingerprint density at radius 2 is 1.69 bits per heavy atom. The number of piperazine rings is 1. The number of carbonyl (C=O) groups excluding carboxylic acids is 1. The summed E-state index contributed by atoms with van der Waals surface area (Å²) in [6.45, 7) is 4.57. The Hall–Kier alpha value is -3.66. The Morgan fingerprint density at radius 3 is 2.38 bits per heavy atom. The predicted molar refractivity (Wildman–Crippen MR) is 111 cm³/mol. The molecule has 4 rings (SSSR count). The number of anilines is 1. The van der Waals surface area contributed by atoms with Crippen LogP contribution in [0.3, 0.4) is 0 Å². The van der Waals surface area contributed by atoms with Gasteiger partial charge in [-0.05, 0) is 25.1 Å². The minimum Gasteiger partial charge on any atom is -0.367 e. The van der Waals surface area contributed by atoms with Gasteiger partial charge in [0.1, 0.15) is 6.07 Å². The van der Waals surface area contributed by atoms with Gasteiger partial charge in [0, 0.05) is 38.1 Å². The molecule has 1 amide bonds. The van der Waals surface area contributed by atoms with Crippen LogP contribution in [-0.2, 0) is 6.54 Å². The van der Waals surface area contributed by atoms with E-state index in [0.29, 0.717) is 54.8 Å².